The van der Waals surface area contributed by atoms with E-state index >= 15 is 0 Å². The van der Waals surface area contributed by atoms with Crippen LogP contribution in [-0.2, 0) is 16.0 Å². The van der Waals surface area contributed by atoms with Crippen molar-refractivity contribution in [3.8, 4) is 0 Å². The Morgan fingerprint density at radius 3 is 2.72 bits per heavy atom. The number of nitrogens with one attached hydrogen (secondary N) is 2. The second-order valence-corrected chi connectivity index (χ2v) is 7.29. The molecule has 5 heteroatoms. The van der Waals surface area contributed by atoms with Crippen molar-refractivity contribution in [2.45, 2.75) is 51.9 Å². The van der Waals surface area contributed by atoms with E-state index in [1.807, 2.05) is 12.3 Å². The molecular weight excluding hydrogens is 316 g/mol. The van der Waals surface area contributed by atoms with Crippen LogP contribution in [0.2, 0.25) is 0 Å². The summed E-state index contributed by atoms with van der Waals surface area (Å²) in [5.74, 6) is -0.854. The number of aromatic amines is 1. The van der Waals surface area contributed by atoms with E-state index in [2.05, 4.69) is 29.4 Å². The van der Waals surface area contributed by atoms with Gasteiger partial charge in [0.15, 0.2) is 0 Å². The zero-order valence-corrected chi connectivity index (χ0v) is 14.7. The van der Waals surface area contributed by atoms with Gasteiger partial charge in [0.2, 0.25) is 5.91 Å². The summed E-state index contributed by atoms with van der Waals surface area (Å²) in [4.78, 5) is 27.1. The first-order valence-electron chi connectivity index (χ1n) is 9.07. The fraction of sp³-hybridized carbons (Fsp3) is 0.500. The molecule has 1 aromatic heterocycles. The molecule has 2 aromatic rings. The lowest BCUT2D eigenvalue weighted by Gasteiger charge is -2.33. The van der Waals surface area contributed by atoms with Crippen molar-refractivity contribution in [2.75, 3.05) is 6.54 Å². The number of H-pyrrole nitrogens is 1. The molecule has 1 amide bonds. The Kier molecular flexibility index (Phi) is 5.11. The predicted molar refractivity (Wildman–Crippen MR) is 97.5 cm³/mol. The molecule has 1 heterocycles. The van der Waals surface area contributed by atoms with Crippen LogP contribution >= 0.6 is 0 Å². The number of aromatic nitrogens is 1. The van der Waals surface area contributed by atoms with E-state index in [4.69, 9.17) is 0 Å². The van der Waals surface area contributed by atoms with Gasteiger partial charge in [0.25, 0.3) is 0 Å². The minimum absolute atomic E-state index is 0.0757. The highest BCUT2D eigenvalue weighted by Crippen LogP contribution is 2.36. The normalized spacial score (nSPS) is 16.7. The number of carbonyl (C=O) groups excluding carboxylic acids is 1. The second-order valence-electron chi connectivity index (χ2n) is 7.29. The van der Waals surface area contributed by atoms with Gasteiger partial charge in [-0.15, -0.1) is 0 Å². The van der Waals surface area contributed by atoms with E-state index in [1.165, 1.54) is 5.56 Å². The van der Waals surface area contributed by atoms with Gasteiger partial charge in [0.1, 0.15) is 0 Å². The maximum absolute atomic E-state index is 12.2. The summed E-state index contributed by atoms with van der Waals surface area (Å²) in [6.07, 6.45) is 7.23. The molecule has 0 bridgehead atoms. The average molecular weight is 342 g/mol. The number of aryl methyl sites for hydroxylation is 2. The van der Waals surface area contributed by atoms with Crippen LogP contribution in [0.4, 0.5) is 0 Å². The third-order valence-corrected chi connectivity index (χ3v) is 5.43. The maximum atomic E-state index is 12.2. The Balaban J connectivity index is 1.57. The number of aliphatic carboxylic acids is 1. The molecule has 134 valence electrons. The van der Waals surface area contributed by atoms with Crippen LogP contribution in [0.25, 0.3) is 10.9 Å². The lowest BCUT2D eigenvalue weighted by Crippen LogP contribution is -2.44. The predicted octanol–water partition coefficient (Wildman–Crippen LogP) is 3.56. The molecular formula is C20H26N2O3. The number of rotatable bonds is 6. The molecule has 1 aliphatic carbocycles. The van der Waals surface area contributed by atoms with Gasteiger partial charge in [-0.2, -0.15) is 0 Å². The molecule has 3 rings (SSSR count). The first-order valence-corrected chi connectivity index (χ1v) is 9.07. The van der Waals surface area contributed by atoms with E-state index in [1.54, 1.807) is 0 Å². The molecule has 3 N–H and O–H groups in total. The van der Waals surface area contributed by atoms with Gasteiger partial charge in [0, 0.05) is 30.1 Å². The quantitative estimate of drug-likeness (QED) is 0.751. The maximum Gasteiger partial charge on any atom is 0.311 e. The van der Waals surface area contributed by atoms with E-state index in [0.717, 1.165) is 35.7 Å². The molecule has 0 unspecified atom stereocenters. The second kappa shape index (κ2) is 7.30. The van der Waals surface area contributed by atoms with Crippen molar-refractivity contribution < 1.29 is 14.7 Å². The number of fused-ring (bicyclic) bond motifs is 1. The summed E-state index contributed by atoms with van der Waals surface area (Å²) in [6.45, 7) is 2.30. The van der Waals surface area contributed by atoms with Crippen LogP contribution < -0.4 is 5.32 Å². The SMILES string of the molecule is Cc1ccc2[nH]cc(CCC(=O)NCC3(C(=O)O)CCCCC3)c2c1. The highest BCUT2D eigenvalue weighted by molar-refractivity contribution is 5.85. The van der Waals surface area contributed by atoms with Crippen molar-refractivity contribution >= 4 is 22.8 Å². The third-order valence-electron chi connectivity index (χ3n) is 5.43. The van der Waals surface area contributed by atoms with E-state index in [0.29, 0.717) is 25.7 Å². The summed E-state index contributed by atoms with van der Waals surface area (Å²) in [5, 5.41) is 13.6. The van der Waals surface area contributed by atoms with Crippen LogP contribution in [0, 0.1) is 12.3 Å². The third kappa shape index (κ3) is 3.86. The largest absolute Gasteiger partial charge is 0.481 e. The Labute approximate surface area is 147 Å². The molecule has 0 aliphatic heterocycles. The molecule has 0 radical (unpaired) electrons. The first kappa shape index (κ1) is 17.5. The van der Waals surface area contributed by atoms with Crippen molar-refractivity contribution in [2.24, 2.45) is 5.41 Å². The summed E-state index contributed by atoms with van der Waals surface area (Å²) < 4.78 is 0. The molecule has 25 heavy (non-hydrogen) atoms. The number of carbonyl (C=O) groups is 2. The fourth-order valence-electron chi connectivity index (χ4n) is 3.80. The average Bonchev–Trinajstić information content (AvgIpc) is 3.01. The molecule has 1 fully saturated rings. The summed E-state index contributed by atoms with van der Waals surface area (Å²) in [7, 11) is 0. The molecule has 0 saturated heterocycles. The molecule has 5 nitrogen and oxygen atoms in total. The van der Waals surface area contributed by atoms with Crippen LogP contribution in [-0.4, -0.2) is 28.5 Å². The summed E-state index contributed by atoms with van der Waals surface area (Å²) in [6, 6.07) is 6.24. The van der Waals surface area contributed by atoms with Crippen LogP contribution in [0.15, 0.2) is 24.4 Å². The van der Waals surface area contributed by atoms with Gasteiger partial charge in [-0.3, -0.25) is 9.59 Å². The first-order chi connectivity index (χ1) is 12.0. The van der Waals surface area contributed by atoms with Crippen LogP contribution in [0.1, 0.15) is 49.7 Å². The van der Waals surface area contributed by atoms with Gasteiger partial charge in [-0.05, 0) is 43.9 Å². The van der Waals surface area contributed by atoms with Gasteiger partial charge < -0.3 is 15.4 Å². The lowest BCUT2D eigenvalue weighted by atomic mass is 9.74. The zero-order valence-electron chi connectivity index (χ0n) is 14.7. The van der Waals surface area contributed by atoms with Gasteiger partial charge in [-0.25, -0.2) is 0 Å². The Morgan fingerprint density at radius 2 is 2.00 bits per heavy atom. The number of hydrogen-bond acceptors (Lipinski definition) is 2. The standard InChI is InChI=1S/C20H26N2O3/c1-14-5-7-17-16(11-14)15(12-21-17)6-8-18(23)22-13-20(19(24)25)9-3-2-4-10-20/h5,7,11-12,21H,2-4,6,8-10,13H2,1H3,(H,22,23)(H,24,25). The zero-order chi connectivity index (χ0) is 17.9. The number of benzene rings is 1. The smallest absolute Gasteiger partial charge is 0.311 e. The van der Waals surface area contributed by atoms with E-state index < -0.39 is 11.4 Å². The number of amides is 1. The highest BCUT2D eigenvalue weighted by Gasteiger charge is 2.39. The Bertz CT molecular complexity index is 772. The molecule has 0 spiro atoms. The minimum atomic E-state index is -0.778. The van der Waals surface area contributed by atoms with Gasteiger partial charge in [0.05, 0.1) is 5.41 Å². The van der Waals surface area contributed by atoms with Crippen LogP contribution in [0.5, 0.6) is 0 Å². The van der Waals surface area contributed by atoms with Gasteiger partial charge in [-0.1, -0.05) is 30.9 Å². The van der Waals surface area contributed by atoms with Crippen LogP contribution in [0.3, 0.4) is 0 Å². The number of hydrogen-bond donors (Lipinski definition) is 3. The van der Waals surface area contributed by atoms with Crippen molar-refractivity contribution in [1.82, 2.24) is 10.3 Å². The van der Waals surface area contributed by atoms with E-state index in [9.17, 15) is 14.7 Å². The number of carboxylic acids is 1. The highest BCUT2D eigenvalue weighted by atomic mass is 16.4. The Morgan fingerprint density at radius 1 is 1.24 bits per heavy atom. The molecule has 1 aromatic carbocycles. The number of carboxylic acid groups (broad SMARTS) is 1. The fourth-order valence-corrected chi connectivity index (χ4v) is 3.80. The van der Waals surface area contributed by atoms with Crippen molar-refractivity contribution in [3.05, 3.63) is 35.5 Å². The Hall–Kier alpha value is -2.30. The lowest BCUT2D eigenvalue weighted by molar-refractivity contribution is -0.151. The topological polar surface area (TPSA) is 82.2 Å². The van der Waals surface area contributed by atoms with Crippen molar-refractivity contribution in [3.63, 3.8) is 0 Å². The summed E-state index contributed by atoms with van der Waals surface area (Å²) >= 11 is 0. The minimum Gasteiger partial charge on any atom is -0.481 e. The van der Waals surface area contributed by atoms with Crippen molar-refractivity contribution in [1.29, 1.82) is 0 Å². The van der Waals surface area contributed by atoms with E-state index in [-0.39, 0.29) is 12.5 Å². The molecule has 1 saturated carbocycles. The summed E-state index contributed by atoms with van der Waals surface area (Å²) in [5.41, 5.74) is 2.62. The van der Waals surface area contributed by atoms with Gasteiger partial charge >= 0.3 is 5.97 Å². The molecule has 1 aliphatic rings. The monoisotopic (exact) mass is 342 g/mol. The molecule has 0 atom stereocenters.